The van der Waals surface area contributed by atoms with Gasteiger partial charge in [-0.3, -0.25) is 4.55 Å². The molecule has 84 valence electrons. The van der Waals surface area contributed by atoms with Crippen molar-refractivity contribution in [3.8, 4) is 0 Å². The van der Waals surface area contributed by atoms with Crippen LogP contribution in [0.15, 0.2) is 0 Å². The van der Waals surface area contributed by atoms with E-state index in [9.17, 15) is 13.5 Å². The summed E-state index contributed by atoms with van der Waals surface area (Å²) >= 11 is 0. The summed E-state index contributed by atoms with van der Waals surface area (Å²) in [4.78, 5) is 0. The van der Waals surface area contributed by atoms with Gasteiger partial charge in [0, 0.05) is 25.7 Å². The minimum Gasteiger partial charge on any atom is -0.390 e. The highest BCUT2D eigenvalue weighted by Gasteiger charge is 2.32. The van der Waals surface area contributed by atoms with Gasteiger partial charge in [0.2, 0.25) is 0 Å². The first-order chi connectivity index (χ1) is 6.43. The molecule has 3 atom stereocenters. The monoisotopic (exact) mass is 224 g/mol. The van der Waals surface area contributed by atoms with E-state index in [0.29, 0.717) is 13.1 Å². The van der Waals surface area contributed by atoms with E-state index in [-0.39, 0.29) is 6.04 Å². The maximum Gasteiger partial charge on any atom is 0.270 e. The molecule has 4 N–H and O–H groups in total. The van der Waals surface area contributed by atoms with E-state index in [0.717, 1.165) is 6.54 Å². The molecule has 14 heavy (non-hydrogen) atoms. The third kappa shape index (κ3) is 2.89. The Morgan fingerprint density at radius 2 is 2.07 bits per heavy atom. The lowest BCUT2D eigenvalue weighted by atomic mass is 10.1. The molecule has 1 heterocycles. The summed E-state index contributed by atoms with van der Waals surface area (Å²) in [5, 5.41) is 14.5. The van der Waals surface area contributed by atoms with Gasteiger partial charge in [0.1, 0.15) is 5.25 Å². The van der Waals surface area contributed by atoms with E-state index in [1.807, 2.05) is 0 Å². The predicted molar refractivity (Wildman–Crippen MR) is 51.7 cm³/mol. The fourth-order valence-electron chi connectivity index (χ4n) is 1.42. The van der Waals surface area contributed by atoms with Crippen molar-refractivity contribution in [1.29, 1.82) is 0 Å². The molecule has 1 saturated heterocycles. The Morgan fingerprint density at radius 1 is 1.43 bits per heavy atom. The van der Waals surface area contributed by atoms with Crippen LogP contribution < -0.4 is 10.6 Å². The molecular formula is C7H16N2O4S. The van der Waals surface area contributed by atoms with Gasteiger partial charge >= 0.3 is 0 Å². The van der Waals surface area contributed by atoms with Crippen LogP contribution in [0.1, 0.15) is 6.92 Å². The Balaban J connectivity index is 2.59. The molecule has 0 amide bonds. The van der Waals surface area contributed by atoms with E-state index >= 15 is 0 Å². The van der Waals surface area contributed by atoms with Crippen molar-refractivity contribution >= 4 is 10.1 Å². The molecule has 7 heteroatoms. The summed E-state index contributed by atoms with van der Waals surface area (Å²) in [6, 6.07) is -0.333. The average Bonchev–Trinajstić information content (AvgIpc) is 2.15. The van der Waals surface area contributed by atoms with Crippen LogP contribution in [0.4, 0.5) is 0 Å². The van der Waals surface area contributed by atoms with Crippen LogP contribution in [0.3, 0.4) is 0 Å². The number of hydrogen-bond acceptors (Lipinski definition) is 5. The number of rotatable bonds is 3. The minimum absolute atomic E-state index is 0.333. The van der Waals surface area contributed by atoms with Gasteiger partial charge in [-0.1, -0.05) is 0 Å². The van der Waals surface area contributed by atoms with Crippen molar-refractivity contribution in [2.45, 2.75) is 24.3 Å². The van der Waals surface area contributed by atoms with Gasteiger partial charge in [0.05, 0.1) is 6.10 Å². The molecule has 1 fully saturated rings. The molecule has 0 aromatic heterocycles. The van der Waals surface area contributed by atoms with E-state index in [4.69, 9.17) is 4.55 Å². The number of aliphatic hydroxyl groups excluding tert-OH is 1. The van der Waals surface area contributed by atoms with Crippen molar-refractivity contribution < 1.29 is 18.1 Å². The maximum absolute atomic E-state index is 10.8. The zero-order chi connectivity index (χ0) is 10.8. The molecule has 6 nitrogen and oxygen atoms in total. The molecule has 0 saturated carbocycles. The fourth-order valence-corrected chi connectivity index (χ4v) is 1.96. The highest BCUT2D eigenvalue weighted by atomic mass is 32.2. The second-order valence-corrected chi connectivity index (χ2v) is 5.25. The molecule has 3 unspecified atom stereocenters. The lowest BCUT2D eigenvalue weighted by Crippen LogP contribution is -2.57. The van der Waals surface area contributed by atoms with Crippen molar-refractivity contribution in [1.82, 2.24) is 10.6 Å². The van der Waals surface area contributed by atoms with Crippen LogP contribution in [-0.2, 0) is 10.1 Å². The van der Waals surface area contributed by atoms with Crippen LogP contribution in [-0.4, -0.2) is 55.1 Å². The van der Waals surface area contributed by atoms with E-state index < -0.39 is 21.5 Å². The van der Waals surface area contributed by atoms with Crippen LogP contribution >= 0.6 is 0 Å². The normalized spacial score (nSPS) is 28.4. The van der Waals surface area contributed by atoms with E-state index in [1.165, 1.54) is 6.92 Å². The Kier molecular flexibility index (Phi) is 3.85. The summed E-state index contributed by atoms with van der Waals surface area (Å²) in [5.41, 5.74) is 0. The van der Waals surface area contributed by atoms with Gasteiger partial charge in [-0.2, -0.15) is 8.42 Å². The van der Waals surface area contributed by atoms with Gasteiger partial charge in [0.25, 0.3) is 10.1 Å². The zero-order valence-corrected chi connectivity index (χ0v) is 8.79. The molecule has 0 bridgehead atoms. The standard InChI is InChI=1S/C7H16N2O4S/c1-5(14(11,12)13)7(10)6-4-8-2-3-9-6/h5-10H,2-4H2,1H3,(H,11,12,13). The highest BCUT2D eigenvalue weighted by molar-refractivity contribution is 7.86. The van der Waals surface area contributed by atoms with Crippen LogP contribution in [0, 0.1) is 0 Å². The van der Waals surface area contributed by atoms with Crippen molar-refractivity contribution in [3.63, 3.8) is 0 Å². The number of nitrogens with one attached hydrogen (secondary N) is 2. The largest absolute Gasteiger partial charge is 0.390 e. The topological polar surface area (TPSA) is 98.7 Å². The third-order valence-electron chi connectivity index (χ3n) is 2.44. The SMILES string of the molecule is CC(C(O)C1CNCCN1)S(=O)(=O)O. The molecule has 0 spiro atoms. The van der Waals surface area contributed by atoms with Crippen molar-refractivity contribution in [2.75, 3.05) is 19.6 Å². The quantitative estimate of drug-likeness (QED) is 0.422. The van der Waals surface area contributed by atoms with Crippen LogP contribution in [0.2, 0.25) is 0 Å². The van der Waals surface area contributed by atoms with Gasteiger partial charge in [0.15, 0.2) is 0 Å². The Hall–Kier alpha value is -0.210. The first-order valence-electron chi connectivity index (χ1n) is 4.51. The smallest absolute Gasteiger partial charge is 0.270 e. The van der Waals surface area contributed by atoms with Crippen LogP contribution in [0.25, 0.3) is 0 Å². The van der Waals surface area contributed by atoms with Gasteiger partial charge in [-0.25, -0.2) is 0 Å². The molecule has 0 aliphatic carbocycles. The number of piperazine rings is 1. The lowest BCUT2D eigenvalue weighted by molar-refractivity contribution is 0.115. The molecule has 1 aliphatic heterocycles. The minimum atomic E-state index is -4.17. The van der Waals surface area contributed by atoms with E-state index in [1.54, 1.807) is 0 Å². The fraction of sp³-hybridized carbons (Fsp3) is 1.00. The summed E-state index contributed by atoms with van der Waals surface area (Å²) in [7, 11) is -4.17. The Labute approximate surface area is 83.4 Å². The zero-order valence-electron chi connectivity index (χ0n) is 7.97. The first-order valence-corrected chi connectivity index (χ1v) is 6.01. The third-order valence-corrected chi connectivity index (χ3v) is 3.65. The summed E-state index contributed by atoms with van der Waals surface area (Å²) in [6.45, 7) is 3.26. The van der Waals surface area contributed by atoms with E-state index in [2.05, 4.69) is 10.6 Å². The predicted octanol–water partition coefficient (Wildman–Crippen LogP) is -1.81. The number of aliphatic hydroxyl groups is 1. The summed E-state index contributed by atoms with van der Waals surface area (Å²) in [6.07, 6.45) is -1.10. The second kappa shape index (κ2) is 4.54. The van der Waals surface area contributed by atoms with Crippen molar-refractivity contribution in [3.05, 3.63) is 0 Å². The Bertz CT molecular complexity index is 273. The lowest BCUT2D eigenvalue weighted by Gasteiger charge is -2.30. The Morgan fingerprint density at radius 3 is 2.50 bits per heavy atom. The van der Waals surface area contributed by atoms with Gasteiger partial charge in [-0.15, -0.1) is 0 Å². The highest BCUT2D eigenvalue weighted by Crippen LogP contribution is 2.08. The molecule has 0 aromatic carbocycles. The summed E-state index contributed by atoms with van der Waals surface area (Å²) in [5.74, 6) is 0. The average molecular weight is 224 g/mol. The van der Waals surface area contributed by atoms with Crippen LogP contribution in [0.5, 0.6) is 0 Å². The van der Waals surface area contributed by atoms with Gasteiger partial charge < -0.3 is 15.7 Å². The summed E-state index contributed by atoms with van der Waals surface area (Å²) < 4.78 is 30.3. The maximum atomic E-state index is 10.8. The molecule has 0 radical (unpaired) electrons. The molecule has 0 aromatic rings. The molecular weight excluding hydrogens is 208 g/mol. The second-order valence-electron chi connectivity index (χ2n) is 3.48. The van der Waals surface area contributed by atoms with Crippen molar-refractivity contribution in [2.24, 2.45) is 0 Å². The first kappa shape index (κ1) is 11.9. The molecule has 1 aliphatic rings. The number of hydrogen-bond donors (Lipinski definition) is 4. The molecule has 1 rings (SSSR count). The van der Waals surface area contributed by atoms with Gasteiger partial charge in [-0.05, 0) is 6.92 Å².